The van der Waals surface area contributed by atoms with Crippen molar-refractivity contribution < 1.29 is 29.1 Å². The molecule has 10 heteroatoms. The summed E-state index contributed by atoms with van der Waals surface area (Å²) < 4.78 is 0. The van der Waals surface area contributed by atoms with Gasteiger partial charge < -0.3 is 26.0 Å². The Kier molecular flexibility index (Phi) is 17.6. The molecule has 1 saturated heterocycles. The molecule has 1 unspecified atom stereocenters. The van der Waals surface area contributed by atoms with Crippen molar-refractivity contribution in [3.63, 3.8) is 0 Å². The zero-order valence-electron chi connectivity index (χ0n) is 25.0. The molecule has 1 fully saturated rings. The molecule has 10 nitrogen and oxygen atoms in total. The van der Waals surface area contributed by atoms with Crippen molar-refractivity contribution in [2.24, 2.45) is 5.92 Å². The molecule has 0 aromatic carbocycles. The van der Waals surface area contributed by atoms with Crippen molar-refractivity contribution >= 4 is 29.6 Å². The third-order valence-electron chi connectivity index (χ3n) is 7.19. The molecule has 1 aliphatic rings. The summed E-state index contributed by atoms with van der Waals surface area (Å²) in [5.74, 6) is -3.65. The summed E-state index contributed by atoms with van der Waals surface area (Å²) >= 11 is 0. The van der Waals surface area contributed by atoms with Crippen LogP contribution in [0.5, 0.6) is 0 Å². The summed E-state index contributed by atoms with van der Waals surface area (Å²) in [7, 11) is 0. The molecule has 1 rings (SSSR count). The highest BCUT2D eigenvalue weighted by molar-refractivity contribution is 5.95. The van der Waals surface area contributed by atoms with Crippen molar-refractivity contribution in [1.29, 1.82) is 0 Å². The smallest absolute Gasteiger partial charge is 0.304 e. The molecule has 228 valence electrons. The van der Waals surface area contributed by atoms with E-state index in [9.17, 15) is 29.1 Å². The van der Waals surface area contributed by atoms with Crippen LogP contribution in [0.25, 0.3) is 0 Å². The minimum atomic E-state index is -1.10. The highest BCUT2D eigenvalue weighted by Crippen LogP contribution is 2.19. The number of carboxylic acids is 1. The zero-order chi connectivity index (χ0) is 29.9. The van der Waals surface area contributed by atoms with Crippen LogP contribution >= 0.6 is 0 Å². The molecule has 0 aromatic heterocycles. The summed E-state index contributed by atoms with van der Waals surface area (Å²) in [6, 6.07) is -2.40. The number of allylic oxidation sites excluding steroid dienone is 1. The van der Waals surface area contributed by atoms with E-state index in [1.165, 1.54) is 50.3 Å². The summed E-state index contributed by atoms with van der Waals surface area (Å²) in [5.41, 5.74) is 0. The lowest BCUT2D eigenvalue weighted by molar-refractivity contribution is -0.141. The van der Waals surface area contributed by atoms with Crippen LogP contribution in [0.4, 0.5) is 0 Å². The Morgan fingerprint density at radius 2 is 1.50 bits per heavy atom. The molecule has 4 N–H and O–H groups in total. The van der Waals surface area contributed by atoms with Gasteiger partial charge in [0.05, 0.1) is 12.3 Å². The normalized spacial score (nSPS) is 17.3. The van der Waals surface area contributed by atoms with E-state index in [0.29, 0.717) is 25.9 Å². The Morgan fingerprint density at radius 3 is 2.12 bits per heavy atom. The van der Waals surface area contributed by atoms with E-state index in [2.05, 4.69) is 22.9 Å². The van der Waals surface area contributed by atoms with E-state index in [-0.39, 0.29) is 18.2 Å². The van der Waals surface area contributed by atoms with Crippen LogP contribution in [0.1, 0.15) is 111 Å². The quantitative estimate of drug-likeness (QED) is 0.131. The van der Waals surface area contributed by atoms with Crippen molar-refractivity contribution in [2.45, 2.75) is 129 Å². The number of carbonyl (C=O) groups excluding carboxylic acids is 4. The summed E-state index contributed by atoms with van der Waals surface area (Å²) in [4.78, 5) is 63.8. The number of unbranched alkanes of at least 4 members (excludes halogenated alkanes) is 8. The molecule has 0 radical (unpaired) electrons. The molecule has 1 aliphatic heterocycles. The molecular formula is C30H52N4O6. The lowest BCUT2D eigenvalue weighted by Crippen LogP contribution is -2.55. The molecule has 0 aliphatic carbocycles. The number of nitrogens with one attached hydrogen (secondary N) is 3. The maximum Gasteiger partial charge on any atom is 0.304 e. The number of carbonyl (C=O) groups is 5. The van der Waals surface area contributed by atoms with Crippen molar-refractivity contribution in [3.8, 4) is 0 Å². The van der Waals surface area contributed by atoms with Gasteiger partial charge in [0, 0.05) is 13.1 Å². The van der Waals surface area contributed by atoms with Crippen LogP contribution in [-0.4, -0.2) is 70.8 Å². The standard InChI is InChI=1S/C30H52N4O6/c1-5-7-8-9-10-11-12-13-14-15-17-24(21-26(35)36)28(38)32-22(3)27(37)33-23(4)30(40)34-20-16-18-25(34)29(39)31-19-6-2/h15,17,22-25H,5-14,16,18-21H2,1-4H3,(H,31,39)(H,32,38)(H,33,37)(H,35,36)/t22-,23-,24?,25-/m0/s1. The molecule has 4 amide bonds. The fraction of sp³-hybridized carbons (Fsp3) is 0.767. The van der Waals surface area contributed by atoms with Gasteiger partial charge >= 0.3 is 5.97 Å². The number of hydrogen-bond donors (Lipinski definition) is 4. The first-order chi connectivity index (χ1) is 19.1. The summed E-state index contributed by atoms with van der Waals surface area (Å²) in [6.45, 7) is 8.17. The second kappa shape index (κ2) is 20.0. The maximum atomic E-state index is 13.0. The molecule has 0 aromatic rings. The number of hydrogen-bond acceptors (Lipinski definition) is 5. The fourth-order valence-corrected chi connectivity index (χ4v) is 4.80. The molecule has 1 heterocycles. The Hall–Kier alpha value is -2.91. The van der Waals surface area contributed by atoms with Crippen LogP contribution in [0.3, 0.4) is 0 Å². The molecule has 0 spiro atoms. The van der Waals surface area contributed by atoms with Crippen molar-refractivity contribution in [3.05, 3.63) is 12.2 Å². The average Bonchev–Trinajstić information content (AvgIpc) is 3.41. The van der Waals surface area contributed by atoms with Gasteiger partial charge in [0.1, 0.15) is 18.1 Å². The van der Waals surface area contributed by atoms with Crippen LogP contribution in [0.2, 0.25) is 0 Å². The van der Waals surface area contributed by atoms with Gasteiger partial charge in [-0.3, -0.25) is 24.0 Å². The first-order valence-electron chi connectivity index (χ1n) is 15.2. The van der Waals surface area contributed by atoms with Crippen molar-refractivity contribution in [2.75, 3.05) is 13.1 Å². The number of aliphatic carboxylic acids is 1. The number of carboxylic acid groups (broad SMARTS) is 1. The van der Waals surface area contributed by atoms with Gasteiger partial charge in [-0.25, -0.2) is 0 Å². The number of nitrogens with zero attached hydrogens (tertiary/aromatic N) is 1. The fourth-order valence-electron chi connectivity index (χ4n) is 4.80. The van der Waals surface area contributed by atoms with Gasteiger partial charge in [0.2, 0.25) is 23.6 Å². The van der Waals surface area contributed by atoms with Gasteiger partial charge in [0.15, 0.2) is 0 Å². The third kappa shape index (κ3) is 13.4. The molecule has 0 saturated carbocycles. The summed E-state index contributed by atoms with van der Waals surface area (Å²) in [5, 5.41) is 17.3. The molecular weight excluding hydrogens is 512 g/mol. The Labute approximate surface area is 240 Å². The largest absolute Gasteiger partial charge is 0.481 e. The van der Waals surface area contributed by atoms with Crippen LogP contribution in [0, 0.1) is 5.92 Å². The van der Waals surface area contributed by atoms with Gasteiger partial charge in [-0.15, -0.1) is 0 Å². The highest BCUT2D eigenvalue weighted by atomic mass is 16.4. The van der Waals surface area contributed by atoms with E-state index in [0.717, 1.165) is 25.7 Å². The molecule has 4 atom stereocenters. The predicted octanol–water partition coefficient (Wildman–Crippen LogP) is 3.69. The topological polar surface area (TPSA) is 145 Å². The first-order valence-corrected chi connectivity index (χ1v) is 15.2. The number of likely N-dealkylation sites (tertiary alicyclic amines) is 1. The maximum absolute atomic E-state index is 13.0. The minimum absolute atomic E-state index is 0.188. The SMILES string of the molecule is CCCCCCCCCCC=CC(CC(=O)O)C(=O)N[C@@H](C)C(=O)N[C@@H](C)C(=O)N1CCC[C@H]1C(=O)NCCC. The minimum Gasteiger partial charge on any atom is -0.481 e. The second-order valence-electron chi connectivity index (χ2n) is 10.8. The Balaban J connectivity index is 2.55. The lowest BCUT2D eigenvalue weighted by Gasteiger charge is -2.28. The van der Waals surface area contributed by atoms with Gasteiger partial charge in [-0.05, 0) is 46.0 Å². The van der Waals surface area contributed by atoms with Gasteiger partial charge in [-0.2, -0.15) is 0 Å². The van der Waals surface area contributed by atoms with E-state index in [4.69, 9.17) is 0 Å². The second-order valence-corrected chi connectivity index (χ2v) is 10.8. The van der Waals surface area contributed by atoms with E-state index < -0.39 is 41.8 Å². The third-order valence-corrected chi connectivity index (χ3v) is 7.19. The van der Waals surface area contributed by atoms with E-state index in [1.54, 1.807) is 13.0 Å². The van der Waals surface area contributed by atoms with E-state index >= 15 is 0 Å². The van der Waals surface area contributed by atoms with Crippen LogP contribution in [0.15, 0.2) is 12.2 Å². The summed E-state index contributed by atoms with van der Waals surface area (Å²) in [6.07, 6.45) is 15.5. The zero-order valence-corrected chi connectivity index (χ0v) is 25.0. The van der Waals surface area contributed by atoms with Gasteiger partial charge in [-0.1, -0.05) is 70.9 Å². The monoisotopic (exact) mass is 564 g/mol. The van der Waals surface area contributed by atoms with Crippen molar-refractivity contribution in [1.82, 2.24) is 20.9 Å². The van der Waals surface area contributed by atoms with Crippen LogP contribution < -0.4 is 16.0 Å². The predicted molar refractivity (Wildman–Crippen MR) is 155 cm³/mol. The van der Waals surface area contributed by atoms with E-state index in [1.807, 2.05) is 13.0 Å². The Bertz CT molecular complexity index is 846. The Morgan fingerprint density at radius 1 is 0.875 bits per heavy atom. The highest BCUT2D eigenvalue weighted by Gasteiger charge is 2.36. The first kappa shape index (κ1) is 35.1. The molecule has 0 bridgehead atoms. The number of amides is 4. The number of rotatable bonds is 20. The van der Waals surface area contributed by atoms with Gasteiger partial charge in [0.25, 0.3) is 0 Å². The average molecular weight is 565 g/mol. The van der Waals surface area contributed by atoms with Crippen LogP contribution in [-0.2, 0) is 24.0 Å². The molecule has 40 heavy (non-hydrogen) atoms. The lowest BCUT2D eigenvalue weighted by atomic mass is 10.0.